The van der Waals surface area contributed by atoms with Crippen molar-refractivity contribution in [3.8, 4) is 5.75 Å². The molecule has 0 bridgehead atoms. The van der Waals surface area contributed by atoms with Crippen LogP contribution in [0.1, 0.15) is 10.4 Å². The van der Waals surface area contributed by atoms with Gasteiger partial charge in [-0.2, -0.15) is 29.8 Å². The largest absolute Gasteiger partial charge is 0.496 e. The summed E-state index contributed by atoms with van der Waals surface area (Å²) in [5.41, 5.74) is -0.227. The lowest BCUT2D eigenvalue weighted by Crippen LogP contribution is -2.54. The first-order chi connectivity index (χ1) is 15.3. The van der Waals surface area contributed by atoms with Crippen LogP contribution in [0.4, 0.5) is 0 Å². The van der Waals surface area contributed by atoms with Crippen LogP contribution in [0.2, 0.25) is 0 Å². The van der Waals surface area contributed by atoms with Crippen LogP contribution in [0.3, 0.4) is 0 Å². The van der Waals surface area contributed by atoms with Crippen LogP contribution in [0.15, 0.2) is 18.5 Å². The summed E-state index contributed by atoms with van der Waals surface area (Å²) >= 11 is 0. The number of ether oxygens (including phenoxy) is 1. The molecule has 0 radical (unpaired) electrons. The highest BCUT2D eigenvalue weighted by Crippen LogP contribution is 2.31. The highest BCUT2D eigenvalue weighted by Gasteiger charge is 2.35. The Morgan fingerprint density at radius 1 is 0.970 bits per heavy atom. The molecule has 0 atom stereocenters. The molecular formula is C18H26N6O7S2. The van der Waals surface area contributed by atoms with Gasteiger partial charge in [-0.05, 0) is 6.07 Å². The van der Waals surface area contributed by atoms with Crippen LogP contribution in [0.25, 0.3) is 11.0 Å². The standard InChI is InChI=1S/C18H26N6O7S2/c1-20(2)32(27,28)23-10-8-22(9-11-23)18(26)16(25)13-12-24(33(29,30)21(3)4)17-15(13)14(31-5)6-7-19-17/h6-7,12H,8-11H2,1-5H3. The maximum Gasteiger partial charge on any atom is 0.308 e. The van der Waals surface area contributed by atoms with Crippen molar-refractivity contribution in [1.29, 1.82) is 0 Å². The highest BCUT2D eigenvalue weighted by molar-refractivity contribution is 7.87. The molecule has 3 rings (SSSR count). The minimum atomic E-state index is -4.05. The molecule has 2 aromatic rings. The van der Waals surface area contributed by atoms with Crippen LogP contribution in [-0.4, -0.2) is 117 Å². The van der Waals surface area contributed by atoms with Crippen LogP contribution in [-0.2, 0) is 25.2 Å². The van der Waals surface area contributed by atoms with Gasteiger partial charge in [0.05, 0.1) is 18.1 Å². The molecular weight excluding hydrogens is 476 g/mol. The van der Waals surface area contributed by atoms with Gasteiger partial charge in [0.1, 0.15) is 5.75 Å². The minimum absolute atomic E-state index is 0.0155. The summed E-state index contributed by atoms with van der Waals surface area (Å²) in [4.78, 5) is 31.5. The Morgan fingerprint density at radius 3 is 2.06 bits per heavy atom. The normalized spacial score (nSPS) is 16.0. The number of piperazine rings is 1. The van der Waals surface area contributed by atoms with Crippen molar-refractivity contribution in [2.75, 3.05) is 61.5 Å². The molecule has 2 aromatic heterocycles. The zero-order valence-corrected chi connectivity index (χ0v) is 20.6. The summed E-state index contributed by atoms with van der Waals surface area (Å²) in [6.45, 7) is 0.0890. The molecule has 1 saturated heterocycles. The third-order valence-corrected chi connectivity index (χ3v) is 8.94. The van der Waals surface area contributed by atoms with Gasteiger partial charge >= 0.3 is 10.2 Å². The summed E-state index contributed by atoms with van der Waals surface area (Å²) in [5, 5.41) is 0.0950. The molecule has 1 fully saturated rings. The molecule has 13 nitrogen and oxygen atoms in total. The van der Waals surface area contributed by atoms with Gasteiger partial charge in [-0.25, -0.2) is 8.96 Å². The predicted octanol–water partition coefficient (Wildman–Crippen LogP) is -1.17. The second-order valence-electron chi connectivity index (χ2n) is 7.65. The molecule has 0 aromatic carbocycles. The van der Waals surface area contributed by atoms with E-state index in [0.29, 0.717) is 0 Å². The Morgan fingerprint density at radius 2 is 1.55 bits per heavy atom. The Balaban J connectivity index is 1.97. The number of carbonyl (C=O) groups excluding carboxylic acids is 2. The van der Waals surface area contributed by atoms with Crippen molar-refractivity contribution < 1.29 is 31.2 Å². The first-order valence-corrected chi connectivity index (χ1v) is 12.6. The lowest BCUT2D eigenvalue weighted by Gasteiger charge is -2.34. The smallest absolute Gasteiger partial charge is 0.308 e. The van der Waals surface area contributed by atoms with Crippen molar-refractivity contribution in [1.82, 2.24) is 26.8 Å². The van der Waals surface area contributed by atoms with E-state index in [9.17, 15) is 26.4 Å². The lowest BCUT2D eigenvalue weighted by molar-refractivity contribution is -0.127. The van der Waals surface area contributed by atoms with E-state index in [1.54, 1.807) is 0 Å². The maximum atomic E-state index is 13.2. The van der Waals surface area contributed by atoms with Gasteiger partial charge in [0.25, 0.3) is 21.9 Å². The highest BCUT2D eigenvalue weighted by atomic mass is 32.2. The molecule has 0 saturated carbocycles. The van der Waals surface area contributed by atoms with E-state index in [1.807, 2.05) is 0 Å². The summed E-state index contributed by atoms with van der Waals surface area (Å²) in [7, 11) is -0.847. The molecule has 15 heteroatoms. The molecule has 182 valence electrons. The summed E-state index contributed by atoms with van der Waals surface area (Å²) < 4.78 is 59.5. The number of methoxy groups -OCH3 is 1. The molecule has 33 heavy (non-hydrogen) atoms. The summed E-state index contributed by atoms with van der Waals surface area (Å²) in [5.74, 6) is -1.63. The lowest BCUT2D eigenvalue weighted by atomic mass is 10.1. The van der Waals surface area contributed by atoms with Gasteiger partial charge in [0.15, 0.2) is 5.65 Å². The molecule has 0 aliphatic carbocycles. The summed E-state index contributed by atoms with van der Waals surface area (Å²) in [6, 6.07) is 1.46. The van der Waals surface area contributed by atoms with Crippen molar-refractivity contribution in [3.63, 3.8) is 0 Å². The van der Waals surface area contributed by atoms with Crippen LogP contribution in [0.5, 0.6) is 5.75 Å². The Hall–Kier alpha value is -2.59. The van der Waals surface area contributed by atoms with Crippen molar-refractivity contribution in [3.05, 3.63) is 24.0 Å². The van der Waals surface area contributed by atoms with E-state index in [0.717, 1.165) is 18.8 Å². The van der Waals surface area contributed by atoms with Crippen LogP contribution in [0, 0.1) is 0 Å². The van der Waals surface area contributed by atoms with E-state index in [-0.39, 0.29) is 48.5 Å². The van der Waals surface area contributed by atoms with Crippen molar-refractivity contribution in [2.45, 2.75) is 0 Å². The number of Topliss-reactive ketones (excluding diaryl/α,β-unsaturated/α-hetero) is 1. The van der Waals surface area contributed by atoms with Gasteiger partial charge in [-0.3, -0.25) is 9.59 Å². The number of ketones is 1. The number of carbonyl (C=O) groups is 2. The Labute approximate surface area is 192 Å². The second-order valence-corrected chi connectivity index (χ2v) is 11.8. The number of nitrogens with zero attached hydrogens (tertiary/aromatic N) is 6. The van der Waals surface area contributed by atoms with E-state index < -0.39 is 32.1 Å². The molecule has 3 heterocycles. The zero-order chi connectivity index (χ0) is 24.7. The number of fused-ring (bicyclic) bond motifs is 1. The fraction of sp³-hybridized carbons (Fsp3) is 0.500. The van der Waals surface area contributed by atoms with Crippen molar-refractivity contribution >= 4 is 43.1 Å². The zero-order valence-electron chi connectivity index (χ0n) is 18.9. The maximum absolute atomic E-state index is 13.2. The summed E-state index contributed by atoms with van der Waals surface area (Å²) in [6.07, 6.45) is 2.39. The second kappa shape index (κ2) is 8.98. The third kappa shape index (κ3) is 4.33. The SMILES string of the molecule is COc1ccnc2c1c(C(=O)C(=O)N1CCN(S(=O)(=O)N(C)C)CC1)cn2S(=O)(=O)N(C)C. The fourth-order valence-electron chi connectivity index (χ4n) is 3.40. The van der Waals surface area contributed by atoms with Gasteiger partial charge in [-0.15, -0.1) is 0 Å². The van der Waals surface area contributed by atoms with Gasteiger partial charge in [0.2, 0.25) is 0 Å². The molecule has 1 amide bonds. The van der Waals surface area contributed by atoms with Crippen LogP contribution < -0.4 is 4.74 Å². The number of hydrogen-bond donors (Lipinski definition) is 0. The Bertz CT molecular complexity index is 1290. The minimum Gasteiger partial charge on any atom is -0.496 e. The first kappa shape index (κ1) is 25.0. The molecule has 0 spiro atoms. The van der Waals surface area contributed by atoms with E-state index in [2.05, 4.69) is 4.98 Å². The van der Waals surface area contributed by atoms with Crippen molar-refractivity contribution in [2.24, 2.45) is 0 Å². The van der Waals surface area contributed by atoms with Crippen LogP contribution >= 0.6 is 0 Å². The number of rotatable bonds is 7. The average molecular weight is 503 g/mol. The average Bonchev–Trinajstić information content (AvgIpc) is 3.18. The van der Waals surface area contributed by atoms with E-state index >= 15 is 0 Å². The van der Waals surface area contributed by atoms with Gasteiger partial charge in [-0.1, -0.05) is 0 Å². The first-order valence-electron chi connectivity index (χ1n) is 9.82. The van der Waals surface area contributed by atoms with Gasteiger partial charge in [0, 0.05) is 66.8 Å². The predicted molar refractivity (Wildman–Crippen MR) is 119 cm³/mol. The molecule has 0 unspecified atom stereocenters. The topological polar surface area (TPSA) is 142 Å². The monoisotopic (exact) mass is 502 g/mol. The molecule has 1 aliphatic rings. The fourth-order valence-corrected chi connectivity index (χ4v) is 5.44. The molecule has 1 aliphatic heterocycles. The number of pyridine rings is 1. The molecule has 0 N–H and O–H groups in total. The number of hydrogen-bond acceptors (Lipinski definition) is 8. The quantitative estimate of drug-likeness (QED) is 0.341. The van der Waals surface area contributed by atoms with E-state index in [1.165, 1.54) is 56.8 Å². The van der Waals surface area contributed by atoms with Gasteiger partial charge < -0.3 is 9.64 Å². The number of amides is 1. The van der Waals surface area contributed by atoms with E-state index in [4.69, 9.17) is 4.74 Å². The third-order valence-electron chi connectivity index (χ3n) is 5.30. The number of aromatic nitrogens is 2. The Kier molecular flexibility index (Phi) is 6.82.